The Morgan fingerprint density at radius 3 is 2.68 bits per heavy atom. The molecule has 2 rings (SSSR count). The Labute approximate surface area is 129 Å². The summed E-state index contributed by atoms with van der Waals surface area (Å²) in [4.78, 5) is 19.9. The standard InChI is InChI=1S/C16H20N4O2/c1-16(2,3)22-15(21)20-13-6-4-5-12(9-13)19-11-14-10-17-7-8-18-14/h4-10,19H,11H2,1-3H3,(H,20,21). The lowest BCUT2D eigenvalue weighted by molar-refractivity contribution is 0.0636. The minimum atomic E-state index is -0.522. The van der Waals surface area contributed by atoms with Gasteiger partial charge in [-0.3, -0.25) is 15.3 Å². The molecule has 1 aromatic carbocycles. The maximum absolute atomic E-state index is 11.7. The number of rotatable bonds is 4. The Kier molecular flexibility index (Phi) is 4.93. The summed E-state index contributed by atoms with van der Waals surface area (Å²) in [5.41, 5.74) is 1.86. The lowest BCUT2D eigenvalue weighted by atomic mass is 10.2. The Morgan fingerprint density at radius 2 is 2.00 bits per heavy atom. The van der Waals surface area contributed by atoms with E-state index in [1.807, 2.05) is 39.0 Å². The third-order valence-electron chi connectivity index (χ3n) is 2.60. The summed E-state index contributed by atoms with van der Waals surface area (Å²) in [5, 5.41) is 5.94. The molecule has 2 aromatic rings. The lowest BCUT2D eigenvalue weighted by Crippen LogP contribution is -2.27. The number of nitrogens with zero attached hydrogens (tertiary/aromatic N) is 2. The van der Waals surface area contributed by atoms with Crippen molar-refractivity contribution in [2.75, 3.05) is 10.6 Å². The topological polar surface area (TPSA) is 76.1 Å². The predicted molar refractivity (Wildman–Crippen MR) is 85.7 cm³/mol. The third kappa shape index (κ3) is 5.40. The second-order valence-corrected chi connectivity index (χ2v) is 5.76. The van der Waals surface area contributed by atoms with Crippen molar-refractivity contribution in [3.8, 4) is 0 Å². The zero-order chi connectivity index (χ0) is 16.0. The van der Waals surface area contributed by atoms with Crippen LogP contribution in [0.25, 0.3) is 0 Å². The van der Waals surface area contributed by atoms with Gasteiger partial charge in [0, 0.05) is 23.8 Å². The minimum Gasteiger partial charge on any atom is -0.444 e. The fraction of sp³-hybridized carbons (Fsp3) is 0.312. The van der Waals surface area contributed by atoms with E-state index in [9.17, 15) is 4.79 Å². The molecule has 6 nitrogen and oxygen atoms in total. The van der Waals surface area contributed by atoms with Crippen LogP contribution < -0.4 is 10.6 Å². The molecule has 1 aromatic heterocycles. The van der Waals surface area contributed by atoms with Crippen LogP contribution in [0.5, 0.6) is 0 Å². The van der Waals surface area contributed by atoms with Gasteiger partial charge < -0.3 is 10.1 Å². The summed E-state index contributed by atoms with van der Waals surface area (Å²) < 4.78 is 5.22. The Bertz CT molecular complexity index is 624. The van der Waals surface area contributed by atoms with Crippen molar-refractivity contribution < 1.29 is 9.53 Å². The van der Waals surface area contributed by atoms with E-state index in [-0.39, 0.29) is 0 Å². The maximum atomic E-state index is 11.7. The Morgan fingerprint density at radius 1 is 1.23 bits per heavy atom. The second-order valence-electron chi connectivity index (χ2n) is 5.76. The van der Waals surface area contributed by atoms with Gasteiger partial charge >= 0.3 is 6.09 Å². The first kappa shape index (κ1) is 15.8. The van der Waals surface area contributed by atoms with Gasteiger partial charge in [0.25, 0.3) is 0 Å². The average Bonchev–Trinajstić information content (AvgIpc) is 2.44. The highest BCUT2D eigenvalue weighted by molar-refractivity contribution is 5.85. The molecule has 6 heteroatoms. The molecule has 1 heterocycles. The normalized spacial score (nSPS) is 10.9. The first-order chi connectivity index (χ1) is 10.4. The molecular weight excluding hydrogens is 280 g/mol. The van der Waals surface area contributed by atoms with Crippen molar-refractivity contribution in [1.82, 2.24) is 9.97 Å². The summed E-state index contributed by atoms with van der Waals surface area (Å²) in [6.07, 6.45) is 4.51. The van der Waals surface area contributed by atoms with Crippen molar-refractivity contribution in [1.29, 1.82) is 0 Å². The van der Waals surface area contributed by atoms with Crippen molar-refractivity contribution in [2.24, 2.45) is 0 Å². The van der Waals surface area contributed by atoms with E-state index in [1.165, 1.54) is 0 Å². The highest BCUT2D eigenvalue weighted by atomic mass is 16.6. The van der Waals surface area contributed by atoms with E-state index in [0.717, 1.165) is 11.4 Å². The number of benzene rings is 1. The van der Waals surface area contributed by atoms with E-state index < -0.39 is 11.7 Å². The first-order valence-corrected chi connectivity index (χ1v) is 7.01. The fourth-order valence-corrected chi connectivity index (χ4v) is 1.74. The van der Waals surface area contributed by atoms with E-state index in [0.29, 0.717) is 12.2 Å². The highest BCUT2D eigenvalue weighted by Gasteiger charge is 2.16. The van der Waals surface area contributed by atoms with Crippen LogP contribution in [0.2, 0.25) is 0 Å². The fourth-order valence-electron chi connectivity index (χ4n) is 1.74. The molecular formula is C16H20N4O2. The van der Waals surface area contributed by atoms with E-state index >= 15 is 0 Å². The molecule has 0 saturated heterocycles. The zero-order valence-corrected chi connectivity index (χ0v) is 13.0. The molecule has 0 spiro atoms. The molecule has 0 aliphatic heterocycles. The lowest BCUT2D eigenvalue weighted by Gasteiger charge is -2.19. The number of amides is 1. The number of nitrogens with one attached hydrogen (secondary N) is 2. The van der Waals surface area contributed by atoms with Crippen LogP contribution in [-0.4, -0.2) is 21.7 Å². The Balaban J connectivity index is 1.94. The monoisotopic (exact) mass is 300 g/mol. The van der Waals surface area contributed by atoms with Crippen LogP contribution in [0.3, 0.4) is 0 Å². The van der Waals surface area contributed by atoms with Gasteiger partial charge in [-0.05, 0) is 39.0 Å². The number of carbonyl (C=O) groups is 1. The molecule has 0 saturated carbocycles. The summed E-state index contributed by atoms with van der Waals surface area (Å²) in [5.74, 6) is 0. The largest absolute Gasteiger partial charge is 0.444 e. The Hall–Kier alpha value is -2.63. The van der Waals surface area contributed by atoms with Crippen LogP contribution in [0.4, 0.5) is 16.2 Å². The van der Waals surface area contributed by atoms with Crippen LogP contribution >= 0.6 is 0 Å². The number of hydrogen-bond acceptors (Lipinski definition) is 5. The number of ether oxygens (including phenoxy) is 1. The number of hydrogen-bond donors (Lipinski definition) is 2. The smallest absolute Gasteiger partial charge is 0.412 e. The summed E-state index contributed by atoms with van der Waals surface area (Å²) in [6, 6.07) is 7.40. The van der Waals surface area contributed by atoms with Gasteiger partial charge in [0.2, 0.25) is 0 Å². The van der Waals surface area contributed by atoms with E-state index in [1.54, 1.807) is 24.7 Å². The molecule has 0 bridgehead atoms. The van der Waals surface area contributed by atoms with Crippen LogP contribution in [0.1, 0.15) is 26.5 Å². The van der Waals surface area contributed by atoms with Crippen LogP contribution in [0, 0.1) is 0 Å². The molecule has 0 atom stereocenters. The van der Waals surface area contributed by atoms with Gasteiger partial charge in [0.05, 0.1) is 18.4 Å². The van der Waals surface area contributed by atoms with E-state index in [4.69, 9.17) is 4.74 Å². The summed E-state index contributed by atoms with van der Waals surface area (Å²) >= 11 is 0. The van der Waals surface area contributed by atoms with E-state index in [2.05, 4.69) is 20.6 Å². The van der Waals surface area contributed by atoms with Gasteiger partial charge in [-0.15, -0.1) is 0 Å². The second kappa shape index (κ2) is 6.89. The minimum absolute atomic E-state index is 0.474. The molecule has 0 aliphatic rings. The zero-order valence-electron chi connectivity index (χ0n) is 13.0. The van der Waals surface area contributed by atoms with Crippen molar-refractivity contribution in [2.45, 2.75) is 32.9 Å². The molecule has 0 radical (unpaired) electrons. The van der Waals surface area contributed by atoms with Crippen LogP contribution in [0.15, 0.2) is 42.9 Å². The van der Waals surface area contributed by atoms with Crippen LogP contribution in [-0.2, 0) is 11.3 Å². The van der Waals surface area contributed by atoms with Gasteiger partial charge in [-0.25, -0.2) is 4.79 Å². The SMILES string of the molecule is CC(C)(C)OC(=O)Nc1cccc(NCc2cnccn2)c1. The predicted octanol–water partition coefficient (Wildman–Crippen LogP) is 3.44. The van der Waals surface area contributed by atoms with Gasteiger partial charge in [0.15, 0.2) is 0 Å². The quantitative estimate of drug-likeness (QED) is 0.904. The maximum Gasteiger partial charge on any atom is 0.412 e. The average molecular weight is 300 g/mol. The molecule has 0 unspecified atom stereocenters. The molecule has 0 fully saturated rings. The van der Waals surface area contributed by atoms with Crippen molar-refractivity contribution in [3.63, 3.8) is 0 Å². The summed E-state index contributed by atoms with van der Waals surface area (Å²) in [6.45, 7) is 6.03. The number of anilines is 2. The number of carbonyl (C=O) groups excluding carboxylic acids is 1. The van der Waals surface area contributed by atoms with Gasteiger partial charge in [-0.1, -0.05) is 6.07 Å². The first-order valence-electron chi connectivity index (χ1n) is 7.01. The van der Waals surface area contributed by atoms with Crippen molar-refractivity contribution in [3.05, 3.63) is 48.5 Å². The molecule has 116 valence electrons. The third-order valence-corrected chi connectivity index (χ3v) is 2.60. The molecule has 22 heavy (non-hydrogen) atoms. The molecule has 1 amide bonds. The van der Waals surface area contributed by atoms with Gasteiger partial charge in [0.1, 0.15) is 5.60 Å². The highest BCUT2D eigenvalue weighted by Crippen LogP contribution is 2.17. The van der Waals surface area contributed by atoms with Gasteiger partial charge in [-0.2, -0.15) is 0 Å². The number of aromatic nitrogens is 2. The molecule has 2 N–H and O–H groups in total. The summed E-state index contributed by atoms with van der Waals surface area (Å²) in [7, 11) is 0. The molecule has 0 aliphatic carbocycles. The van der Waals surface area contributed by atoms with Crippen molar-refractivity contribution >= 4 is 17.5 Å².